The Morgan fingerprint density at radius 3 is 2.79 bits per heavy atom. The monoisotopic (exact) mass is 328 g/mol. The average molecular weight is 328 g/mol. The van der Waals surface area contributed by atoms with Gasteiger partial charge in [-0.2, -0.15) is 5.10 Å². The lowest BCUT2D eigenvalue weighted by Crippen LogP contribution is -2.17. The molecule has 0 aliphatic carbocycles. The summed E-state index contributed by atoms with van der Waals surface area (Å²) in [5, 5.41) is 25.7. The van der Waals surface area contributed by atoms with Crippen LogP contribution in [0.5, 0.6) is 17.2 Å². The summed E-state index contributed by atoms with van der Waals surface area (Å²) in [7, 11) is 0. The predicted molar refractivity (Wildman–Crippen MR) is 80.2 cm³/mol. The van der Waals surface area contributed by atoms with Crippen molar-refractivity contribution >= 4 is 17.8 Å². The normalized spacial score (nSPS) is 12.3. The second kappa shape index (κ2) is 6.24. The van der Waals surface area contributed by atoms with E-state index in [1.807, 2.05) is 0 Å². The highest BCUT2D eigenvalue weighted by Crippen LogP contribution is 2.32. The molecule has 1 heterocycles. The van der Waals surface area contributed by atoms with Crippen molar-refractivity contribution in [2.24, 2.45) is 5.10 Å². The highest BCUT2D eigenvalue weighted by molar-refractivity contribution is 5.95. The molecule has 0 saturated carbocycles. The van der Waals surface area contributed by atoms with Gasteiger partial charge in [0.15, 0.2) is 11.5 Å². The minimum absolute atomic E-state index is 0.104. The fourth-order valence-electron chi connectivity index (χ4n) is 2.03. The number of hydrogen-bond donors (Lipinski definition) is 1. The van der Waals surface area contributed by atoms with Crippen LogP contribution in [0, 0.1) is 10.1 Å². The summed E-state index contributed by atoms with van der Waals surface area (Å²) in [4.78, 5) is 21.9. The van der Waals surface area contributed by atoms with Crippen LogP contribution in [0.1, 0.15) is 15.9 Å². The van der Waals surface area contributed by atoms with Crippen molar-refractivity contribution in [3.63, 3.8) is 0 Å². The van der Waals surface area contributed by atoms with E-state index in [4.69, 9.17) is 9.47 Å². The Balaban J connectivity index is 1.69. The van der Waals surface area contributed by atoms with Gasteiger partial charge in [-0.3, -0.25) is 14.9 Å². The third kappa shape index (κ3) is 3.09. The number of carbonyl (C=O) groups is 1. The molecule has 1 N–H and O–H groups in total. The van der Waals surface area contributed by atoms with Crippen LogP contribution in [0.4, 0.5) is 5.69 Å². The molecule has 24 heavy (non-hydrogen) atoms. The summed E-state index contributed by atoms with van der Waals surface area (Å²) >= 11 is 0. The molecule has 0 spiro atoms. The van der Waals surface area contributed by atoms with Gasteiger partial charge in [0.05, 0.1) is 11.1 Å². The molecule has 9 nitrogen and oxygen atoms in total. The molecular formula is C15H10N3O6-. The van der Waals surface area contributed by atoms with E-state index in [9.17, 15) is 20.0 Å². The SMILES string of the molecule is O=C(NN=Cc1ccc([O-])c([N+](=O)[O-])c1)c1ccc2c(c1)OCO2. The van der Waals surface area contributed by atoms with Crippen molar-refractivity contribution in [1.29, 1.82) is 0 Å². The molecule has 2 aromatic rings. The highest BCUT2D eigenvalue weighted by atomic mass is 16.7. The van der Waals surface area contributed by atoms with E-state index in [1.54, 1.807) is 12.1 Å². The molecule has 9 heteroatoms. The van der Waals surface area contributed by atoms with Gasteiger partial charge < -0.3 is 14.6 Å². The summed E-state index contributed by atoms with van der Waals surface area (Å²) in [5.41, 5.74) is 2.36. The maximum atomic E-state index is 12.0. The molecule has 1 aliphatic rings. The topological polar surface area (TPSA) is 126 Å². The van der Waals surface area contributed by atoms with Crippen LogP contribution in [0.3, 0.4) is 0 Å². The lowest BCUT2D eigenvalue weighted by Gasteiger charge is -2.06. The predicted octanol–water partition coefficient (Wildman–Crippen LogP) is 1.16. The maximum Gasteiger partial charge on any atom is 0.271 e. The van der Waals surface area contributed by atoms with Gasteiger partial charge in [-0.25, -0.2) is 5.43 Å². The molecule has 122 valence electrons. The first-order valence-corrected chi connectivity index (χ1v) is 6.73. The number of rotatable bonds is 4. The molecule has 0 bridgehead atoms. The van der Waals surface area contributed by atoms with Gasteiger partial charge in [-0.15, -0.1) is 0 Å². The van der Waals surface area contributed by atoms with Gasteiger partial charge in [0.25, 0.3) is 11.6 Å². The standard InChI is InChI=1S/C15H11N3O6/c19-12-3-1-9(5-11(12)18(21)22)7-16-17-15(20)10-2-4-13-14(6-10)24-8-23-13/h1-7,19H,8H2,(H,17,20)/p-1. The smallest absolute Gasteiger partial charge is 0.271 e. The summed E-state index contributed by atoms with van der Waals surface area (Å²) in [6.07, 6.45) is 1.21. The summed E-state index contributed by atoms with van der Waals surface area (Å²) in [5.74, 6) is -0.158. The number of ether oxygens (including phenoxy) is 2. The summed E-state index contributed by atoms with van der Waals surface area (Å²) in [6, 6.07) is 8.19. The van der Waals surface area contributed by atoms with Crippen molar-refractivity contribution in [2.45, 2.75) is 0 Å². The quantitative estimate of drug-likeness (QED) is 0.510. The Morgan fingerprint density at radius 1 is 1.21 bits per heavy atom. The minimum Gasteiger partial charge on any atom is -0.868 e. The zero-order valence-electron chi connectivity index (χ0n) is 12.1. The maximum absolute atomic E-state index is 12.0. The molecule has 3 rings (SSSR count). The van der Waals surface area contributed by atoms with Crippen LogP contribution in [-0.4, -0.2) is 23.8 Å². The van der Waals surface area contributed by atoms with Crippen LogP contribution in [0.15, 0.2) is 41.5 Å². The molecule has 2 aromatic carbocycles. The third-order valence-electron chi connectivity index (χ3n) is 3.19. The number of benzene rings is 2. The largest absolute Gasteiger partial charge is 0.868 e. The van der Waals surface area contributed by atoms with Gasteiger partial charge in [-0.1, -0.05) is 12.1 Å². The van der Waals surface area contributed by atoms with Gasteiger partial charge in [0, 0.05) is 17.2 Å². The van der Waals surface area contributed by atoms with Gasteiger partial charge in [0.1, 0.15) is 0 Å². The van der Waals surface area contributed by atoms with E-state index < -0.39 is 22.3 Å². The minimum atomic E-state index is -0.773. The first-order valence-electron chi connectivity index (χ1n) is 6.73. The van der Waals surface area contributed by atoms with Gasteiger partial charge in [0.2, 0.25) is 6.79 Å². The zero-order chi connectivity index (χ0) is 17.1. The number of fused-ring (bicyclic) bond motifs is 1. The van der Waals surface area contributed by atoms with Crippen LogP contribution in [0.25, 0.3) is 0 Å². The first kappa shape index (κ1) is 15.3. The van der Waals surface area contributed by atoms with Crippen molar-refractivity contribution < 1.29 is 24.3 Å². The molecule has 1 aliphatic heterocycles. The van der Waals surface area contributed by atoms with E-state index in [0.29, 0.717) is 22.6 Å². The third-order valence-corrected chi connectivity index (χ3v) is 3.19. The lowest BCUT2D eigenvalue weighted by atomic mass is 10.2. The molecular weight excluding hydrogens is 318 g/mol. The molecule has 0 unspecified atom stereocenters. The Labute approximate surface area is 135 Å². The Hall–Kier alpha value is -3.62. The fraction of sp³-hybridized carbons (Fsp3) is 0.0667. The van der Waals surface area contributed by atoms with Crippen LogP contribution in [0.2, 0.25) is 0 Å². The number of carbonyl (C=O) groups excluding carboxylic acids is 1. The van der Waals surface area contributed by atoms with Crippen LogP contribution >= 0.6 is 0 Å². The second-order valence-corrected chi connectivity index (χ2v) is 4.75. The number of hydrogen-bond acceptors (Lipinski definition) is 7. The fourth-order valence-corrected chi connectivity index (χ4v) is 2.03. The van der Waals surface area contributed by atoms with E-state index >= 15 is 0 Å². The van der Waals surface area contributed by atoms with Crippen LogP contribution < -0.4 is 20.0 Å². The molecule has 0 atom stereocenters. The van der Waals surface area contributed by atoms with Crippen molar-refractivity contribution in [2.75, 3.05) is 6.79 Å². The lowest BCUT2D eigenvalue weighted by molar-refractivity contribution is -0.398. The number of nitro benzene ring substituents is 1. The van der Waals surface area contributed by atoms with E-state index in [1.165, 1.54) is 18.3 Å². The van der Waals surface area contributed by atoms with Crippen molar-refractivity contribution in [1.82, 2.24) is 5.43 Å². The Morgan fingerprint density at radius 2 is 2.00 bits per heavy atom. The molecule has 1 amide bonds. The molecule has 0 fully saturated rings. The first-order chi connectivity index (χ1) is 11.5. The van der Waals surface area contributed by atoms with Crippen molar-refractivity contribution in [3.8, 4) is 17.2 Å². The van der Waals surface area contributed by atoms with E-state index in [-0.39, 0.29) is 6.79 Å². The van der Waals surface area contributed by atoms with Crippen LogP contribution in [-0.2, 0) is 0 Å². The average Bonchev–Trinajstić information content (AvgIpc) is 3.03. The van der Waals surface area contributed by atoms with E-state index in [2.05, 4.69) is 10.5 Å². The number of nitro groups is 1. The Bertz CT molecular complexity index is 849. The second-order valence-electron chi connectivity index (χ2n) is 4.75. The van der Waals surface area contributed by atoms with Crippen molar-refractivity contribution in [3.05, 3.63) is 57.6 Å². The summed E-state index contributed by atoms with van der Waals surface area (Å²) in [6.45, 7) is 0.104. The highest BCUT2D eigenvalue weighted by Gasteiger charge is 2.15. The number of hydrazone groups is 1. The molecule has 0 saturated heterocycles. The zero-order valence-corrected chi connectivity index (χ0v) is 12.1. The van der Waals surface area contributed by atoms with Gasteiger partial charge in [-0.05, 0) is 23.9 Å². The summed E-state index contributed by atoms with van der Waals surface area (Å²) < 4.78 is 10.3. The molecule has 0 aromatic heterocycles. The number of amides is 1. The molecule has 0 radical (unpaired) electrons. The van der Waals surface area contributed by atoms with E-state index in [0.717, 1.165) is 12.1 Å². The number of nitrogens with zero attached hydrogens (tertiary/aromatic N) is 2. The Kier molecular flexibility index (Phi) is 3.98. The number of nitrogens with one attached hydrogen (secondary N) is 1. The van der Waals surface area contributed by atoms with Gasteiger partial charge >= 0.3 is 0 Å².